The molecule has 0 bridgehead atoms. The van der Waals surface area contributed by atoms with Crippen molar-refractivity contribution in [3.8, 4) is 0 Å². The van der Waals surface area contributed by atoms with Crippen molar-refractivity contribution in [2.24, 2.45) is 0 Å². The Morgan fingerprint density at radius 3 is 2.32 bits per heavy atom. The van der Waals surface area contributed by atoms with Gasteiger partial charge in [-0.25, -0.2) is 4.98 Å². The highest BCUT2D eigenvalue weighted by molar-refractivity contribution is 7.99. The monoisotopic (exact) mass is 391 g/mol. The number of rotatable bonds is 4. The first-order valence-corrected chi connectivity index (χ1v) is 9.32. The van der Waals surface area contributed by atoms with Crippen LogP contribution in [-0.2, 0) is 4.79 Å². The van der Waals surface area contributed by atoms with Crippen LogP contribution in [0.4, 0.5) is 5.69 Å². The molecule has 7 nitrogen and oxygen atoms in total. The predicted molar refractivity (Wildman–Crippen MR) is 104 cm³/mol. The molecule has 4 rings (SSSR count). The van der Waals surface area contributed by atoms with E-state index in [4.69, 9.17) is 0 Å². The number of H-pyrrole nitrogens is 1. The van der Waals surface area contributed by atoms with Gasteiger partial charge < -0.3 is 10.3 Å². The molecule has 1 aliphatic rings. The van der Waals surface area contributed by atoms with Gasteiger partial charge in [0.2, 0.25) is 5.91 Å². The van der Waals surface area contributed by atoms with E-state index in [1.807, 2.05) is 0 Å². The van der Waals surface area contributed by atoms with Gasteiger partial charge in [0.25, 0.3) is 5.56 Å². The molecule has 1 heterocycles. The molecule has 0 unspecified atom stereocenters. The second-order valence-corrected chi connectivity index (χ2v) is 7.00. The summed E-state index contributed by atoms with van der Waals surface area (Å²) in [6.07, 6.45) is 1.36. The number of carbonyl (C=O) groups excluding carboxylic acids is 3. The van der Waals surface area contributed by atoms with E-state index in [0.29, 0.717) is 27.5 Å². The third-order valence-corrected chi connectivity index (χ3v) is 5.08. The molecule has 0 fully saturated rings. The van der Waals surface area contributed by atoms with E-state index in [9.17, 15) is 19.2 Å². The van der Waals surface area contributed by atoms with E-state index in [1.165, 1.54) is 18.3 Å². The van der Waals surface area contributed by atoms with Crippen molar-refractivity contribution >= 4 is 34.9 Å². The minimum atomic E-state index is -0.327. The SMILES string of the molecule is O=C(CSc1nccc(=O)[nH]1)Nc1ccc2c(c1)C(=O)c1ccccc1C2=O. The first kappa shape index (κ1) is 17.9. The zero-order chi connectivity index (χ0) is 19.7. The van der Waals surface area contributed by atoms with Gasteiger partial charge in [-0.15, -0.1) is 0 Å². The van der Waals surface area contributed by atoms with Crippen LogP contribution in [-0.4, -0.2) is 33.2 Å². The largest absolute Gasteiger partial charge is 0.325 e. The van der Waals surface area contributed by atoms with Crippen LogP contribution in [0.2, 0.25) is 0 Å². The molecule has 1 amide bonds. The third-order valence-electron chi connectivity index (χ3n) is 4.20. The number of carbonyl (C=O) groups is 3. The van der Waals surface area contributed by atoms with Crippen molar-refractivity contribution < 1.29 is 14.4 Å². The number of fused-ring (bicyclic) bond motifs is 2. The molecule has 28 heavy (non-hydrogen) atoms. The first-order chi connectivity index (χ1) is 13.5. The maximum absolute atomic E-state index is 12.7. The van der Waals surface area contributed by atoms with Crippen molar-refractivity contribution in [3.63, 3.8) is 0 Å². The fraction of sp³-hybridized carbons (Fsp3) is 0.0500. The van der Waals surface area contributed by atoms with Crippen molar-refractivity contribution in [2.75, 3.05) is 11.1 Å². The van der Waals surface area contributed by atoms with Crippen molar-refractivity contribution in [1.29, 1.82) is 0 Å². The zero-order valence-corrected chi connectivity index (χ0v) is 15.2. The van der Waals surface area contributed by atoms with Gasteiger partial charge in [0.15, 0.2) is 16.7 Å². The summed E-state index contributed by atoms with van der Waals surface area (Å²) in [6.45, 7) is 0. The van der Waals surface area contributed by atoms with Gasteiger partial charge in [0.1, 0.15) is 0 Å². The number of hydrogen-bond acceptors (Lipinski definition) is 6. The van der Waals surface area contributed by atoms with Gasteiger partial charge in [0, 0.05) is 40.2 Å². The van der Waals surface area contributed by atoms with Crippen LogP contribution in [0.15, 0.2) is 64.7 Å². The van der Waals surface area contributed by atoms with Crippen molar-refractivity contribution in [3.05, 3.63) is 87.3 Å². The second kappa shape index (κ2) is 7.24. The van der Waals surface area contributed by atoms with Gasteiger partial charge in [-0.1, -0.05) is 36.0 Å². The number of ketones is 2. The number of amides is 1. The average Bonchev–Trinajstić information content (AvgIpc) is 2.70. The van der Waals surface area contributed by atoms with Crippen LogP contribution in [0, 0.1) is 0 Å². The van der Waals surface area contributed by atoms with Gasteiger partial charge >= 0.3 is 0 Å². The third kappa shape index (κ3) is 3.37. The number of nitrogens with zero attached hydrogens (tertiary/aromatic N) is 1. The van der Waals surface area contributed by atoms with Crippen LogP contribution in [0.25, 0.3) is 0 Å². The summed E-state index contributed by atoms with van der Waals surface area (Å²) in [5, 5.41) is 3.03. The maximum Gasteiger partial charge on any atom is 0.251 e. The molecule has 0 spiro atoms. The van der Waals surface area contributed by atoms with E-state index in [0.717, 1.165) is 11.8 Å². The number of benzene rings is 2. The van der Waals surface area contributed by atoms with Gasteiger partial charge in [-0.3, -0.25) is 19.2 Å². The number of anilines is 1. The predicted octanol–water partition coefficient (Wildman–Crippen LogP) is 2.28. The molecule has 0 atom stereocenters. The quantitative estimate of drug-likeness (QED) is 0.408. The number of hydrogen-bond donors (Lipinski definition) is 2. The Labute approximate surface area is 163 Å². The molecule has 2 N–H and O–H groups in total. The fourth-order valence-corrected chi connectivity index (χ4v) is 3.58. The maximum atomic E-state index is 12.7. The number of aromatic nitrogens is 2. The molecule has 138 valence electrons. The van der Waals surface area contributed by atoms with Crippen LogP contribution in [0.1, 0.15) is 31.8 Å². The Morgan fingerprint density at radius 1 is 0.929 bits per heavy atom. The molecular formula is C20H13N3O4S. The highest BCUT2D eigenvalue weighted by atomic mass is 32.2. The summed E-state index contributed by atoms with van der Waals surface area (Å²) in [5.74, 6) is -0.759. The molecule has 0 radical (unpaired) electrons. The fourth-order valence-electron chi connectivity index (χ4n) is 2.93. The summed E-state index contributed by atoms with van der Waals surface area (Å²) in [7, 11) is 0. The Morgan fingerprint density at radius 2 is 1.61 bits per heavy atom. The topological polar surface area (TPSA) is 109 Å². The lowest BCUT2D eigenvalue weighted by Crippen LogP contribution is -2.21. The van der Waals surface area contributed by atoms with Crippen molar-refractivity contribution in [2.45, 2.75) is 5.16 Å². The summed E-state index contributed by atoms with van der Waals surface area (Å²) in [5.41, 5.74) is 1.46. The Kier molecular flexibility index (Phi) is 4.62. The number of thioether (sulfide) groups is 1. The number of aromatic amines is 1. The van der Waals surface area contributed by atoms with Gasteiger partial charge in [0.05, 0.1) is 5.75 Å². The Balaban J connectivity index is 1.51. The van der Waals surface area contributed by atoms with E-state index in [-0.39, 0.29) is 34.3 Å². The Bertz CT molecular complexity index is 1190. The lowest BCUT2D eigenvalue weighted by Gasteiger charge is -2.18. The Hall–Kier alpha value is -3.52. The molecule has 0 saturated carbocycles. The lowest BCUT2D eigenvalue weighted by atomic mass is 9.84. The second-order valence-electron chi connectivity index (χ2n) is 6.04. The standard InChI is InChI=1S/C20H13N3O4S/c24-16-7-8-21-20(23-16)28-10-17(25)22-11-5-6-14-15(9-11)19(27)13-4-2-1-3-12(13)18(14)26/h1-9H,10H2,(H,22,25)(H,21,23,24). The summed E-state index contributed by atoms with van der Waals surface area (Å²) < 4.78 is 0. The number of nitrogens with one attached hydrogen (secondary N) is 2. The van der Waals surface area contributed by atoms with Crippen molar-refractivity contribution in [1.82, 2.24) is 9.97 Å². The van der Waals surface area contributed by atoms with Crippen LogP contribution in [0.3, 0.4) is 0 Å². The minimum absolute atomic E-state index is 0.0275. The molecule has 0 saturated heterocycles. The normalized spacial score (nSPS) is 12.3. The molecule has 8 heteroatoms. The van der Waals surface area contributed by atoms with E-state index < -0.39 is 0 Å². The lowest BCUT2D eigenvalue weighted by molar-refractivity contribution is -0.113. The molecule has 1 aromatic heterocycles. The summed E-state index contributed by atoms with van der Waals surface area (Å²) in [6, 6.07) is 12.6. The van der Waals surface area contributed by atoms with Crippen LogP contribution < -0.4 is 10.9 Å². The van der Waals surface area contributed by atoms with E-state index in [2.05, 4.69) is 15.3 Å². The highest BCUT2D eigenvalue weighted by Crippen LogP contribution is 2.29. The van der Waals surface area contributed by atoms with E-state index in [1.54, 1.807) is 36.4 Å². The molecule has 0 aliphatic heterocycles. The zero-order valence-electron chi connectivity index (χ0n) is 14.4. The summed E-state index contributed by atoms with van der Waals surface area (Å²) >= 11 is 1.08. The van der Waals surface area contributed by atoms with Crippen LogP contribution >= 0.6 is 11.8 Å². The smallest absolute Gasteiger partial charge is 0.251 e. The van der Waals surface area contributed by atoms with E-state index >= 15 is 0 Å². The summed E-state index contributed by atoms with van der Waals surface area (Å²) in [4.78, 5) is 55.2. The molecular weight excluding hydrogens is 378 g/mol. The van der Waals surface area contributed by atoms with Gasteiger partial charge in [-0.05, 0) is 18.2 Å². The molecule has 2 aromatic carbocycles. The minimum Gasteiger partial charge on any atom is -0.325 e. The van der Waals surface area contributed by atoms with Crippen LogP contribution in [0.5, 0.6) is 0 Å². The molecule has 1 aliphatic carbocycles. The first-order valence-electron chi connectivity index (χ1n) is 8.33. The highest BCUT2D eigenvalue weighted by Gasteiger charge is 2.29. The molecule has 3 aromatic rings. The average molecular weight is 391 g/mol. The van der Waals surface area contributed by atoms with Gasteiger partial charge in [-0.2, -0.15) is 0 Å².